The first-order valence-electron chi connectivity index (χ1n) is 6.49. The molecule has 0 saturated heterocycles. The standard InChI is InChI=1S/C15H16FNO5S/c1-20-11-5-7-13(21-2)12(9-11)17-23(18,19)15-8-10(16)4-6-14(15)22-3/h4-9,17H,1-3H3. The Hall–Kier alpha value is -2.48. The van der Waals surface area contributed by atoms with Crippen molar-refractivity contribution in [2.75, 3.05) is 26.1 Å². The molecular formula is C15H16FNO5S. The molecule has 2 aromatic rings. The van der Waals surface area contributed by atoms with E-state index in [0.29, 0.717) is 11.5 Å². The van der Waals surface area contributed by atoms with Crippen molar-refractivity contribution in [2.24, 2.45) is 0 Å². The van der Waals surface area contributed by atoms with Gasteiger partial charge in [-0.3, -0.25) is 4.72 Å². The van der Waals surface area contributed by atoms with E-state index in [4.69, 9.17) is 14.2 Å². The average Bonchev–Trinajstić information content (AvgIpc) is 2.54. The highest BCUT2D eigenvalue weighted by molar-refractivity contribution is 7.92. The third kappa shape index (κ3) is 3.65. The van der Waals surface area contributed by atoms with Crippen molar-refractivity contribution in [3.05, 3.63) is 42.2 Å². The third-order valence-corrected chi connectivity index (χ3v) is 4.45. The molecule has 8 heteroatoms. The van der Waals surface area contributed by atoms with Gasteiger partial charge in [-0.15, -0.1) is 0 Å². The van der Waals surface area contributed by atoms with E-state index < -0.39 is 15.8 Å². The highest BCUT2D eigenvalue weighted by atomic mass is 32.2. The zero-order valence-electron chi connectivity index (χ0n) is 12.8. The van der Waals surface area contributed by atoms with Crippen molar-refractivity contribution in [2.45, 2.75) is 4.90 Å². The highest BCUT2D eigenvalue weighted by Crippen LogP contribution is 2.33. The predicted octanol–water partition coefficient (Wildman–Crippen LogP) is 2.65. The summed E-state index contributed by atoms with van der Waals surface area (Å²) in [5.41, 5.74) is 0.165. The second-order valence-electron chi connectivity index (χ2n) is 4.47. The molecule has 124 valence electrons. The molecule has 0 heterocycles. The predicted molar refractivity (Wildman–Crippen MR) is 83.3 cm³/mol. The molecule has 0 aliphatic rings. The molecule has 0 amide bonds. The molecule has 1 N–H and O–H groups in total. The second-order valence-corrected chi connectivity index (χ2v) is 6.12. The lowest BCUT2D eigenvalue weighted by atomic mass is 10.3. The van der Waals surface area contributed by atoms with E-state index >= 15 is 0 Å². The molecule has 6 nitrogen and oxygen atoms in total. The van der Waals surface area contributed by atoms with Gasteiger partial charge in [0.1, 0.15) is 28.0 Å². The summed E-state index contributed by atoms with van der Waals surface area (Å²) >= 11 is 0. The molecule has 0 bridgehead atoms. The molecule has 0 fully saturated rings. The maximum Gasteiger partial charge on any atom is 0.265 e. The average molecular weight is 341 g/mol. The van der Waals surface area contributed by atoms with Gasteiger partial charge in [0, 0.05) is 6.07 Å². The van der Waals surface area contributed by atoms with Crippen molar-refractivity contribution in [3.8, 4) is 17.2 Å². The van der Waals surface area contributed by atoms with Gasteiger partial charge in [0.15, 0.2) is 0 Å². The van der Waals surface area contributed by atoms with E-state index in [1.165, 1.54) is 33.5 Å². The lowest BCUT2D eigenvalue weighted by Gasteiger charge is -2.14. The fourth-order valence-electron chi connectivity index (χ4n) is 1.95. The molecule has 23 heavy (non-hydrogen) atoms. The third-order valence-electron chi connectivity index (χ3n) is 3.07. The number of ether oxygens (including phenoxy) is 3. The minimum absolute atomic E-state index is 0.0285. The summed E-state index contributed by atoms with van der Waals surface area (Å²) in [5, 5.41) is 0. The van der Waals surface area contributed by atoms with Gasteiger partial charge in [0.05, 0.1) is 27.0 Å². The van der Waals surface area contributed by atoms with Gasteiger partial charge < -0.3 is 14.2 Å². The number of halogens is 1. The molecule has 0 saturated carbocycles. The van der Waals surface area contributed by atoms with Crippen LogP contribution in [-0.2, 0) is 10.0 Å². The van der Waals surface area contributed by atoms with Crippen molar-refractivity contribution < 1.29 is 27.0 Å². The molecule has 0 spiro atoms. The zero-order chi connectivity index (χ0) is 17.0. The monoisotopic (exact) mass is 341 g/mol. The summed E-state index contributed by atoms with van der Waals surface area (Å²) in [6.07, 6.45) is 0. The van der Waals surface area contributed by atoms with Crippen LogP contribution < -0.4 is 18.9 Å². The lowest BCUT2D eigenvalue weighted by Crippen LogP contribution is -2.15. The Bertz CT molecular complexity index is 808. The van der Waals surface area contributed by atoms with Gasteiger partial charge in [-0.2, -0.15) is 0 Å². The summed E-state index contributed by atoms with van der Waals surface area (Å²) < 4.78 is 56.0. The van der Waals surface area contributed by atoms with Gasteiger partial charge >= 0.3 is 0 Å². The Labute approximate surface area is 133 Å². The molecule has 2 rings (SSSR count). The first-order chi connectivity index (χ1) is 10.9. The van der Waals surface area contributed by atoms with Crippen LogP contribution in [0.5, 0.6) is 17.2 Å². The van der Waals surface area contributed by atoms with Gasteiger partial charge in [-0.25, -0.2) is 12.8 Å². The number of methoxy groups -OCH3 is 3. The van der Waals surface area contributed by atoms with Crippen LogP contribution in [0.3, 0.4) is 0 Å². The number of hydrogen-bond acceptors (Lipinski definition) is 5. The van der Waals surface area contributed by atoms with Crippen molar-refractivity contribution >= 4 is 15.7 Å². The molecule has 0 radical (unpaired) electrons. The first-order valence-corrected chi connectivity index (χ1v) is 7.98. The van der Waals surface area contributed by atoms with E-state index in [9.17, 15) is 12.8 Å². The highest BCUT2D eigenvalue weighted by Gasteiger charge is 2.22. The van der Waals surface area contributed by atoms with Crippen LogP contribution in [-0.4, -0.2) is 29.7 Å². The minimum Gasteiger partial charge on any atom is -0.497 e. The maximum absolute atomic E-state index is 13.4. The van der Waals surface area contributed by atoms with Crippen LogP contribution in [0.25, 0.3) is 0 Å². The van der Waals surface area contributed by atoms with Gasteiger partial charge in [-0.05, 0) is 30.3 Å². The van der Waals surface area contributed by atoms with Gasteiger partial charge in [0.25, 0.3) is 10.0 Å². The topological polar surface area (TPSA) is 73.9 Å². The maximum atomic E-state index is 13.4. The second kappa shape index (κ2) is 6.74. The summed E-state index contributed by atoms with van der Waals surface area (Å²) in [5.74, 6) is 0.0731. The van der Waals surface area contributed by atoms with Crippen LogP contribution in [0.2, 0.25) is 0 Å². The number of benzene rings is 2. The molecule has 0 aliphatic carbocycles. The van der Waals surface area contributed by atoms with Crippen LogP contribution in [0, 0.1) is 5.82 Å². The normalized spacial score (nSPS) is 11.0. The molecule has 0 aliphatic heterocycles. The van der Waals surface area contributed by atoms with Crippen molar-refractivity contribution in [3.63, 3.8) is 0 Å². The summed E-state index contributed by atoms with van der Waals surface area (Å²) in [6, 6.07) is 7.88. The smallest absolute Gasteiger partial charge is 0.265 e. The van der Waals surface area contributed by atoms with E-state index in [2.05, 4.69) is 4.72 Å². The summed E-state index contributed by atoms with van der Waals surface area (Å²) in [7, 11) is 0.0764. The Morgan fingerprint density at radius 3 is 2.17 bits per heavy atom. The van der Waals surface area contributed by atoms with E-state index in [-0.39, 0.29) is 16.3 Å². The first kappa shape index (κ1) is 16.9. The number of rotatable bonds is 6. The van der Waals surface area contributed by atoms with Crippen LogP contribution >= 0.6 is 0 Å². The van der Waals surface area contributed by atoms with Crippen LogP contribution in [0.4, 0.5) is 10.1 Å². The molecular weight excluding hydrogens is 325 g/mol. The van der Waals surface area contributed by atoms with E-state index in [1.54, 1.807) is 12.1 Å². The molecule has 0 unspecified atom stereocenters. The SMILES string of the molecule is COc1ccc(OC)c(NS(=O)(=O)c2cc(F)ccc2OC)c1. The number of sulfonamides is 1. The molecule has 2 aromatic carbocycles. The Kier molecular flexibility index (Phi) is 4.95. The fourth-order valence-corrected chi connectivity index (χ4v) is 3.20. The number of nitrogens with one attached hydrogen (secondary N) is 1. The zero-order valence-corrected chi connectivity index (χ0v) is 13.6. The van der Waals surface area contributed by atoms with Crippen molar-refractivity contribution in [1.82, 2.24) is 0 Å². The van der Waals surface area contributed by atoms with Crippen LogP contribution in [0.15, 0.2) is 41.3 Å². The Morgan fingerprint density at radius 1 is 0.913 bits per heavy atom. The summed E-state index contributed by atoms with van der Waals surface area (Å²) in [6.45, 7) is 0. The number of anilines is 1. The summed E-state index contributed by atoms with van der Waals surface area (Å²) in [4.78, 5) is -0.315. The van der Waals surface area contributed by atoms with Crippen molar-refractivity contribution in [1.29, 1.82) is 0 Å². The Balaban J connectivity index is 2.48. The molecule has 0 atom stereocenters. The van der Waals surface area contributed by atoms with E-state index in [1.807, 2.05) is 0 Å². The van der Waals surface area contributed by atoms with Gasteiger partial charge in [0.2, 0.25) is 0 Å². The minimum atomic E-state index is -4.09. The molecule has 0 aromatic heterocycles. The largest absolute Gasteiger partial charge is 0.497 e. The fraction of sp³-hybridized carbons (Fsp3) is 0.200. The Morgan fingerprint density at radius 2 is 1.57 bits per heavy atom. The van der Waals surface area contributed by atoms with Crippen LogP contribution in [0.1, 0.15) is 0 Å². The van der Waals surface area contributed by atoms with Gasteiger partial charge in [-0.1, -0.05) is 0 Å². The quantitative estimate of drug-likeness (QED) is 0.874. The number of hydrogen-bond donors (Lipinski definition) is 1. The van der Waals surface area contributed by atoms with E-state index in [0.717, 1.165) is 12.1 Å². The lowest BCUT2D eigenvalue weighted by molar-refractivity contribution is 0.401.